The molecule has 0 atom stereocenters. The van der Waals surface area contributed by atoms with Gasteiger partial charge in [0.2, 0.25) is 0 Å². The summed E-state index contributed by atoms with van der Waals surface area (Å²) in [6.45, 7) is 4.50. The fourth-order valence-corrected chi connectivity index (χ4v) is 1.39. The topological polar surface area (TPSA) is 73.2 Å². The average Bonchev–Trinajstić information content (AvgIpc) is 2.68. The number of aromatic nitrogens is 2. The minimum absolute atomic E-state index is 0.197. The maximum atomic E-state index is 11.8. The number of esters is 1. The first-order valence-corrected chi connectivity index (χ1v) is 5.59. The van der Waals surface area contributed by atoms with Crippen LogP contribution in [0.5, 0.6) is 0 Å². The molecule has 0 saturated heterocycles. The van der Waals surface area contributed by atoms with Crippen molar-refractivity contribution in [2.75, 3.05) is 13.2 Å². The summed E-state index contributed by atoms with van der Waals surface area (Å²) in [5.41, 5.74) is 0.430. The molecule has 0 aliphatic carbocycles. The highest BCUT2D eigenvalue weighted by Gasteiger charge is 2.22. The van der Waals surface area contributed by atoms with E-state index in [9.17, 15) is 9.59 Å². The predicted octanol–water partition coefficient (Wildman–Crippen LogP) is 0.737. The highest BCUT2D eigenvalue weighted by Crippen LogP contribution is 2.09. The van der Waals surface area contributed by atoms with Gasteiger partial charge in [-0.1, -0.05) is 6.92 Å². The molecule has 0 aliphatic heterocycles. The molecular weight excluding hydrogens is 222 g/mol. The minimum atomic E-state index is -0.526. The first-order chi connectivity index (χ1) is 8.11. The fourth-order valence-electron chi connectivity index (χ4n) is 1.39. The van der Waals surface area contributed by atoms with Crippen LogP contribution in [0.25, 0.3) is 0 Å². The molecule has 1 heterocycles. The first kappa shape index (κ1) is 13.2. The Bertz CT molecular complexity index is 412. The summed E-state index contributed by atoms with van der Waals surface area (Å²) in [4.78, 5) is 23.4. The summed E-state index contributed by atoms with van der Waals surface area (Å²) >= 11 is 0. The molecule has 6 heteroatoms. The molecule has 1 N–H and O–H groups in total. The van der Waals surface area contributed by atoms with Gasteiger partial charge >= 0.3 is 5.97 Å². The Labute approximate surface area is 99.9 Å². The second-order valence-corrected chi connectivity index (χ2v) is 3.51. The van der Waals surface area contributed by atoms with E-state index < -0.39 is 5.97 Å². The van der Waals surface area contributed by atoms with Crippen LogP contribution >= 0.6 is 0 Å². The molecule has 0 aromatic carbocycles. The number of amides is 1. The standard InChI is InChI=1S/C11H17N3O3/c1-4-6-12-10(15)9-8(7-13-14(9)3)11(16)17-5-2/h7H,4-6H2,1-3H3,(H,12,15). The van der Waals surface area contributed by atoms with Crippen molar-refractivity contribution in [3.8, 4) is 0 Å². The van der Waals surface area contributed by atoms with Crippen LogP contribution in [0.1, 0.15) is 41.1 Å². The third kappa shape index (κ3) is 3.05. The second kappa shape index (κ2) is 6.03. The van der Waals surface area contributed by atoms with Gasteiger partial charge in [-0.05, 0) is 13.3 Å². The van der Waals surface area contributed by atoms with E-state index in [1.807, 2.05) is 6.92 Å². The maximum absolute atomic E-state index is 11.8. The zero-order valence-electron chi connectivity index (χ0n) is 10.3. The number of hydrogen-bond acceptors (Lipinski definition) is 4. The lowest BCUT2D eigenvalue weighted by Crippen LogP contribution is -2.28. The van der Waals surface area contributed by atoms with Crippen molar-refractivity contribution < 1.29 is 14.3 Å². The van der Waals surface area contributed by atoms with Gasteiger partial charge in [0, 0.05) is 13.6 Å². The average molecular weight is 239 g/mol. The monoisotopic (exact) mass is 239 g/mol. The maximum Gasteiger partial charge on any atom is 0.342 e. The van der Waals surface area contributed by atoms with Gasteiger partial charge in [-0.25, -0.2) is 4.79 Å². The van der Waals surface area contributed by atoms with Gasteiger partial charge in [0.25, 0.3) is 5.91 Å². The number of carbonyl (C=O) groups is 2. The third-order valence-corrected chi connectivity index (χ3v) is 2.18. The lowest BCUT2D eigenvalue weighted by atomic mass is 10.2. The van der Waals surface area contributed by atoms with Crippen LogP contribution in [0, 0.1) is 0 Å². The highest BCUT2D eigenvalue weighted by atomic mass is 16.5. The smallest absolute Gasteiger partial charge is 0.342 e. The lowest BCUT2D eigenvalue weighted by molar-refractivity contribution is 0.0522. The summed E-state index contributed by atoms with van der Waals surface area (Å²) in [5.74, 6) is -0.836. The zero-order valence-corrected chi connectivity index (χ0v) is 10.3. The molecule has 0 spiro atoms. The Morgan fingerprint density at radius 3 is 2.76 bits per heavy atom. The molecule has 1 rings (SSSR count). The van der Waals surface area contributed by atoms with Crippen molar-refractivity contribution in [1.82, 2.24) is 15.1 Å². The van der Waals surface area contributed by atoms with Crippen LogP contribution in [-0.4, -0.2) is 34.8 Å². The van der Waals surface area contributed by atoms with Gasteiger partial charge in [-0.2, -0.15) is 5.10 Å². The molecular formula is C11H17N3O3. The van der Waals surface area contributed by atoms with E-state index in [4.69, 9.17) is 4.74 Å². The Balaban J connectivity index is 2.93. The van der Waals surface area contributed by atoms with E-state index in [0.717, 1.165) is 6.42 Å². The molecule has 0 fully saturated rings. The zero-order chi connectivity index (χ0) is 12.8. The molecule has 6 nitrogen and oxygen atoms in total. The number of carbonyl (C=O) groups excluding carboxylic acids is 2. The minimum Gasteiger partial charge on any atom is -0.462 e. The lowest BCUT2D eigenvalue weighted by Gasteiger charge is -2.06. The molecule has 0 aliphatic rings. The van der Waals surface area contributed by atoms with Gasteiger partial charge < -0.3 is 10.1 Å². The number of hydrogen-bond donors (Lipinski definition) is 1. The van der Waals surface area contributed by atoms with Gasteiger partial charge in [0.05, 0.1) is 12.8 Å². The first-order valence-electron chi connectivity index (χ1n) is 5.59. The Kier molecular flexibility index (Phi) is 4.68. The van der Waals surface area contributed by atoms with E-state index in [0.29, 0.717) is 6.54 Å². The van der Waals surface area contributed by atoms with E-state index in [-0.39, 0.29) is 23.8 Å². The Morgan fingerprint density at radius 2 is 2.18 bits per heavy atom. The van der Waals surface area contributed by atoms with Crippen LogP contribution in [0.4, 0.5) is 0 Å². The van der Waals surface area contributed by atoms with Gasteiger partial charge in [0.1, 0.15) is 11.3 Å². The Hall–Kier alpha value is -1.85. The molecule has 0 saturated carbocycles. The molecule has 0 bridgehead atoms. The number of nitrogens with one attached hydrogen (secondary N) is 1. The largest absolute Gasteiger partial charge is 0.462 e. The molecule has 1 aromatic rings. The quantitative estimate of drug-likeness (QED) is 0.769. The van der Waals surface area contributed by atoms with Crippen LogP contribution in [0.3, 0.4) is 0 Å². The van der Waals surface area contributed by atoms with Crippen molar-refractivity contribution >= 4 is 11.9 Å². The molecule has 1 amide bonds. The van der Waals surface area contributed by atoms with Crippen LogP contribution in [0.2, 0.25) is 0 Å². The predicted molar refractivity (Wildman–Crippen MR) is 61.8 cm³/mol. The van der Waals surface area contributed by atoms with E-state index in [2.05, 4.69) is 10.4 Å². The van der Waals surface area contributed by atoms with E-state index >= 15 is 0 Å². The SMILES string of the molecule is CCCNC(=O)c1c(C(=O)OCC)cnn1C. The second-order valence-electron chi connectivity index (χ2n) is 3.51. The molecule has 1 aromatic heterocycles. The number of rotatable bonds is 5. The van der Waals surface area contributed by atoms with Crippen LogP contribution in [0.15, 0.2) is 6.20 Å². The summed E-state index contributed by atoms with van der Waals surface area (Å²) in [6.07, 6.45) is 2.18. The van der Waals surface area contributed by atoms with E-state index in [1.54, 1.807) is 14.0 Å². The van der Waals surface area contributed by atoms with Gasteiger partial charge in [-0.3, -0.25) is 9.48 Å². The number of ether oxygens (including phenoxy) is 1. The van der Waals surface area contributed by atoms with E-state index in [1.165, 1.54) is 10.9 Å². The van der Waals surface area contributed by atoms with Gasteiger partial charge in [0.15, 0.2) is 0 Å². The number of aryl methyl sites for hydroxylation is 1. The highest BCUT2D eigenvalue weighted by molar-refractivity contribution is 6.04. The van der Waals surface area contributed by atoms with Crippen LogP contribution < -0.4 is 5.32 Å². The summed E-state index contributed by atoms with van der Waals surface area (Å²) in [5, 5.41) is 6.61. The normalized spacial score (nSPS) is 10.1. The van der Waals surface area contributed by atoms with Crippen molar-refractivity contribution in [3.63, 3.8) is 0 Å². The van der Waals surface area contributed by atoms with Crippen molar-refractivity contribution in [2.24, 2.45) is 7.05 Å². The summed E-state index contributed by atoms with van der Waals surface area (Å²) in [7, 11) is 1.61. The van der Waals surface area contributed by atoms with Crippen molar-refractivity contribution in [2.45, 2.75) is 20.3 Å². The van der Waals surface area contributed by atoms with Crippen molar-refractivity contribution in [1.29, 1.82) is 0 Å². The molecule has 94 valence electrons. The third-order valence-electron chi connectivity index (χ3n) is 2.18. The van der Waals surface area contributed by atoms with Gasteiger partial charge in [-0.15, -0.1) is 0 Å². The van der Waals surface area contributed by atoms with Crippen LogP contribution in [-0.2, 0) is 11.8 Å². The molecule has 17 heavy (non-hydrogen) atoms. The molecule has 0 unspecified atom stereocenters. The summed E-state index contributed by atoms with van der Waals surface area (Å²) in [6, 6.07) is 0. The fraction of sp³-hybridized carbons (Fsp3) is 0.545. The number of nitrogens with zero attached hydrogens (tertiary/aromatic N) is 2. The summed E-state index contributed by atoms with van der Waals surface area (Å²) < 4.78 is 6.24. The molecule has 0 radical (unpaired) electrons. The Morgan fingerprint density at radius 1 is 1.47 bits per heavy atom. The van der Waals surface area contributed by atoms with Crippen molar-refractivity contribution in [3.05, 3.63) is 17.5 Å².